The molecule has 0 aliphatic rings. The summed E-state index contributed by atoms with van der Waals surface area (Å²) >= 11 is 0. The zero-order valence-electron chi connectivity index (χ0n) is 7.99. The number of aryl methyl sites for hydroxylation is 1. The summed E-state index contributed by atoms with van der Waals surface area (Å²) in [5.74, 6) is -0.350. The lowest BCUT2D eigenvalue weighted by molar-refractivity contribution is 0.0520. The second-order valence-electron chi connectivity index (χ2n) is 2.72. The van der Waals surface area contributed by atoms with Crippen LogP contribution in [0.25, 0.3) is 0 Å². The Morgan fingerprint density at radius 2 is 2.38 bits per heavy atom. The van der Waals surface area contributed by atoms with Crippen LogP contribution < -0.4 is 0 Å². The van der Waals surface area contributed by atoms with E-state index in [4.69, 9.17) is 4.74 Å². The first kappa shape index (κ1) is 9.77. The molecule has 0 saturated carbocycles. The van der Waals surface area contributed by atoms with Gasteiger partial charge in [-0.15, -0.1) is 0 Å². The van der Waals surface area contributed by atoms with Gasteiger partial charge in [-0.2, -0.15) is 0 Å². The summed E-state index contributed by atoms with van der Waals surface area (Å²) in [5.41, 5.74) is 0.385. The summed E-state index contributed by atoms with van der Waals surface area (Å²) in [7, 11) is 0. The normalized spacial score (nSPS) is 10.0. The topological polar surface area (TPSA) is 44.1 Å². The first-order valence-electron chi connectivity index (χ1n) is 4.46. The van der Waals surface area contributed by atoms with Crippen LogP contribution in [0.4, 0.5) is 0 Å². The van der Waals surface area contributed by atoms with Crippen LogP contribution >= 0.6 is 0 Å². The summed E-state index contributed by atoms with van der Waals surface area (Å²) in [6.45, 7) is 5.12. The van der Waals surface area contributed by atoms with E-state index in [1.807, 2.05) is 4.57 Å². The van der Waals surface area contributed by atoms with Gasteiger partial charge in [0.15, 0.2) is 5.69 Å². The molecule has 0 aliphatic carbocycles. The number of carbonyl (C=O) groups is 1. The van der Waals surface area contributed by atoms with E-state index in [1.54, 1.807) is 19.4 Å². The van der Waals surface area contributed by atoms with E-state index in [-0.39, 0.29) is 5.97 Å². The Kier molecular flexibility index (Phi) is 3.49. The van der Waals surface area contributed by atoms with Gasteiger partial charge >= 0.3 is 5.97 Å². The van der Waals surface area contributed by atoms with Crippen molar-refractivity contribution in [2.75, 3.05) is 6.61 Å². The molecule has 4 heteroatoms. The molecule has 0 N–H and O–H groups in total. The van der Waals surface area contributed by atoms with Crippen molar-refractivity contribution in [3.05, 3.63) is 18.2 Å². The number of esters is 1. The second kappa shape index (κ2) is 4.64. The molecule has 0 spiro atoms. The summed E-state index contributed by atoms with van der Waals surface area (Å²) in [4.78, 5) is 15.1. The van der Waals surface area contributed by atoms with E-state index < -0.39 is 0 Å². The van der Waals surface area contributed by atoms with E-state index >= 15 is 0 Å². The lowest BCUT2D eigenvalue weighted by atomic mass is 10.4. The number of ether oxygens (including phenoxy) is 1. The fourth-order valence-electron chi connectivity index (χ4n) is 1.05. The van der Waals surface area contributed by atoms with Gasteiger partial charge in [0.2, 0.25) is 0 Å². The van der Waals surface area contributed by atoms with Crippen molar-refractivity contribution in [1.29, 1.82) is 0 Å². The Morgan fingerprint density at radius 3 is 3.00 bits per heavy atom. The summed E-state index contributed by atoms with van der Waals surface area (Å²) in [6.07, 6.45) is 4.38. The van der Waals surface area contributed by atoms with Crippen molar-refractivity contribution >= 4 is 5.97 Å². The van der Waals surface area contributed by atoms with Crippen LogP contribution in [0, 0.1) is 0 Å². The van der Waals surface area contributed by atoms with Crippen molar-refractivity contribution in [3.63, 3.8) is 0 Å². The van der Waals surface area contributed by atoms with Crippen LogP contribution in [0.3, 0.4) is 0 Å². The molecule has 0 radical (unpaired) electrons. The maximum atomic E-state index is 11.2. The van der Waals surface area contributed by atoms with Crippen LogP contribution in [0.15, 0.2) is 12.5 Å². The minimum atomic E-state index is -0.350. The maximum Gasteiger partial charge on any atom is 0.358 e. The SMILES string of the molecule is CCCn1cnc(C(=O)OCC)c1. The predicted molar refractivity (Wildman–Crippen MR) is 48.5 cm³/mol. The second-order valence-corrected chi connectivity index (χ2v) is 2.72. The minimum Gasteiger partial charge on any atom is -0.461 e. The Morgan fingerprint density at radius 1 is 1.62 bits per heavy atom. The Labute approximate surface area is 77.5 Å². The first-order chi connectivity index (χ1) is 6.27. The summed E-state index contributed by atoms with van der Waals surface area (Å²) in [5, 5.41) is 0. The van der Waals surface area contributed by atoms with Gasteiger partial charge in [0.05, 0.1) is 12.9 Å². The lowest BCUT2D eigenvalue weighted by Crippen LogP contribution is -2.04. The van der Waals surface area contributed by atoms with E-state index in [1.165, 1.54) is 0 Å². The van der Waals surface area contributed by atoms with Crippen LogP contribution in [0.1, 0.15) is 30.8 Å². The molecule has 1 aromatic rings. The van der Waals surface area contributed by atoms with E-state index in [2.05, 4.69) is 11.9 Å². The third-order valence-corrected chi connectivity index (χ3v) is 1.60. The molecule has 1 aromatic heterocycles. The molecule has 0 aromatic carbocycles. The number of imidazole rings is 1. The number of aromatic nitrogens is 2. The van der Waals surface area contributed by atoms with Gasteiger partial charge < -0.3 is 9.30 Å². The van der Waals surface area contributed by atoms with Gasteiger partial charge in [0.1, 0.15) is 0 Å². The molecule has 4 nitrogen and oxygen atoms in total. The molecule has 0 unspecified atom stereocenters. The Hall–Kier alpha value is -1.32. The molecule has 0 aliphatic heterocycles. The van der Waals surface area contributed by atoms with Crippen molar-refractivity contribution in [1.82, 2.24) is 9.55 Å². The largest absolute Gasteiger partial charge is 0.461 e. The number of hydrogen-bond acceptors (Lipinski definition) is 3. The van der Waals surface area contributed by atoms with Crippen LogP contribution in [0.5, 0.6) is 0 Å². The highest BCUT2D eigenvalue weighted by Gasteiger charge is 2.08. The predicted octanol–water partition coefficient (Wildman–Crippen LogP) is 1.47. The maximum absolute atomic E-state index is 11.2. The third-order valence-electron chi connectivity index (χ3n) is 1.60. The monoisotopic (exact) mass is 182 g/mol. The number of rotatable bonds is 4. The van der Waals surface area contributed by atoms with Crippen LogP contribution in [-0.4, -0.2) is 22.1 Å². The van der Waals surface area contributed by atoms with Crippen LogP contribution in [0.2, 0.25) is 0 Å². The molecular formula is C9H14N2O2. The zero-order valence-corrected chi connectivity index (χ0v) is 7.99. The Balaban J connectivity index is 2.62. The summed E-state index contributed by atoms with van der Waals surface area (Å²) in [6, 6.07) is 0. The summed E-state index contributed by atoms with van der Waals surface area (Å²) < 4.78 is 6.69. The standard InChI is InChI=1S/C9H14N2O2/c1-3-5-11-6-8(10-7-11)9(12)13-4-2/h6-7H,3-5H2,1-2H3. The molecular weight excluding hydrogens is 168 g/mol. The van der Waals surface area contributed by atoms with Gasteiger partial charge in [0.25, 0.3) is 0 Å². The average molecular weight is 182 g/mol. The highest BCUT2D eigenvalue weighted by Crippen LogP contribution is 1.99. The van der Waals surface area contributed by atoms with E-state index in [0.717, 1.165) is 13.0 Å². The van der Waals surface area contributed by atoms with Gasteiger partial charge in [0, 0.05) is 12.7 Å². The number of carbonyl (C=O) groups excluding carboxylic acids is 1. The van der Waals surface area contributed by atoms with Crippen molar-refractivity contribution in [2.45, 2.75) is 26.8 Å². The molecule has 0 bridgehead atoms. The zero-order chi connectivity index (χ0) is 9.68. The van der Waals surface area contributed by atoms with Gasteiger partial charge in [-0.3, -0.25) is 0 Å². The molecule has 1 rings (SSSR count). The van der Waals surface area contributed by atoms with Gasteiger partial charge in [-0.25, -0.2) is 9.78 Å². The highest BCUT2D eigenvalue weighted by atomic mass is 16.5. The fraction of sp³-hybridized carbons (Fsp3) is 0.556. The Bertz CT molecular complexity index is 281. The molecule has 0 amide bonds. The number of nitrogens with zero attached hydrogens (tertiary/aromatic N) is 2. The molecule has 0 fully saturated rings. The molecule has 13 heavy (non-hydrogen) atoms. The lowest BCUT2D eigenvalue weighted by Gasteiger charge is -1.97. The molecule has 0 atom stereocenters. The van der Waals surface area contributed by atoms with Crippen LogP contribution in [-0.2, 0) is 11.3 Å². The molecule has 72 valence electrons. The van der Waals surface area contributed by atoms with Gasteiger partial charge in [-0.1, -0.05) is 6.92 Å². The van der Waals surface area contributed by atoms with Crippen molar-refractivity contribution in [3.8, 4) is 0 Å². The quantitative estimate of drug-likeness (QED) is 0.662. The highest BCUT2D eigenvalue weighted by molar-refractivity contribution is 5.86. The van der Waals surface area contributed by atoms with Gasteiger partial charge in [-0.05, 0) is 13.3 Å². The van der Waals surface area contributed by atoms with E-state index in [0.29, 0.717) is 12.3 Å². The smallest absolute Gasteiger partial charge is 0.358 e. The minimum absolute atomic E-state index is 0.350. The average Bonchev–Trinajstić information content (AvgIpc) is 2.54. The van der Waals surface area contributed by atoms with E-state index in [9.17, 15) is 4.79 Å². The van der Waals surface area contributed by atoms with Crippen molar-refractivity contribution < 1.29 is 9.53 Å². The molecule has 1 heterocycles. The first-order valence-corrected chi connectivity index (χ1v) is 4.46. The van der Waals surface area contributed by atoms with Crippen molar-refractivity contribution in [2.24, 2.45) is 0 Å². The molecule has 0 saturated heterocycles. The number of hydrogen-bond donors (Lipinski definition) is 0. The third kappa shape index (κ3) is 2.57. The fourth-order valence-corrected chi connectivity index (χ4v) is 1.05.